The van der Waals surface area contributed by atoms with E-state index in [9.17, 15) is 5.11 Å². The van der Waals surface area contributed by atoms with Gasteiger partial charge in [-0.25, -0.2) is 14.6 Å². The van der Waals surface area contributed by atoms with E-state index in [1.165, 1.54) is 11.8 Å². The lowest BCUT2D eigenvalue weighted by Gasteiger charge is -2.32. The second-order valence-corrected chi connectivity index (χ2v) is 8.02. The highest BCUT2D eigenvalue weighted by atomic mass is 32.2. The van der Waals surface area contributed by atoms with Gasteiger partial charge in [-0.2, -0.15) is 0 Å². The SMILES string of the molecule is CN(CCO)C1c2cc(-c3ccccc3)cnc2Sc2nc(-c3cccnc3)nn21. The van der Waals surface area contributed by atoms with Crippen molar-refractivity contribution in [3.05, 3.63) is 72.7 Å². The minimum absolute atomic E-state index is 0.0563. The first-order valence-electron chi connectivity index (χ1n) is 9.66. The van der Waals surface area contributed by atoms with Crippen molar-refractivity contribution in [1.82, 2.24) is 29.6 Å². The molecule has 0 aliphatic carbocycles. The molecule has 0 saturated heterocycles. The molecule has 1 aliphatic heterocycles. The number of pyridine rings is 2. The van der Waals surface area contributed by atoms with Crippen LogP contribution in [0.3, 0.4) is 0 Å². The molecule has 0 spiro atoms. The number of aliphatic hydroxyl groups is 1. The molecule has 1 aromatic carbocycles. The van der Waals surface area contributed by atoms with E-state index < -0.39 is 0 Å². The number of likely N-dealkylation sites (N-methyl/N-ethyl adjacent to an activating group) is 1. The van der Waals surface area contributed by atoms with Gasteiger partial charge in [0.2, 0.25) is 0 Å². The van der Waals surface area contributed by atoms with Crippen molar-refractivity contribution in [2.75, 3.05) is 20.2 Å². The zero-order valence-corrected chi connectivity index (χ0v) is 17.2. The predicted molar refractivity (Wildman–Crippen MR) is 115 cm³/mol. The lowest BCUT2D eigenvalue weighted by atomic mass is 10.0. The van der Waals surface area contributed by atoms with E-state index in [2.05, 4.69) is 28.1 Å². The number of aliphatic hydroxyl groups excluding tert-OH is 1. The average molecular weight is 417 g/mol. The van der Waals surface area contributed by atoms with Crippen LogP contribution in [0.5, 0.6) is 0 Å². The normalized spacial score (nSPS) is 15.1. The van der Waals surface area contributed by atoms with Crippen LogP contribution in [-0.2, 0) is 0 Å². The molecule has 0 bridgehead atoms. The lowest BCUT2D eigenvalue weighted by molar-refractivity contribution is 0.144. The fourth-order valence-corrected chi connectivity index (χ4v) is 4.53. The molecule has 3 aromatic heterocycles. The Kier molecular flexibility index (Phi) is 5.04. The van der Waals surface area contributed by atoms with Gasteiger partial charge >= 0.3 is 0 Å². The van der Waals surface area contributed by atoms with Crippen LogP contribution in [0.15, 0.2) is 77.3 Å². The molecule has 1 atom stereocenters. The fourth-order valence-electron chi connectivity index (χ4n) is 3.61. The van der Waals surface area contributed by atoms with E-state index >= 15 is 0 Å². The standard InChI is InChI=1S/C22H20N6OS/c1-27(10-11-29)21-18-12-17(15-6-3-2-4-7-15)14-24-20(18)30-22-25-19(26-28(21)22)16-8-5-9-23-13-16/h2-9,12-14,21,29H,10-11H2,1H3. The number of fused-ring (bicyclic) bond motifs is 2. The summed E-state index contributed by atoms with van der Waals surface area (Å²) in [5, 5.41) is 16.0. The molecule has 1 aliphatic rings. The van der Waals surface area contributed by atoms with Crippen molar-refractivity contribution in [3.8, 4) is 22.5 Å². The molecule has 150 valence electrons. The summed E-state index contributed by atoms with van der Waals surface area (Å²) in [7, 11) is 1.98. The molecule has 0 radical (unpaired) electrons. The number of rotatable bonds is 5. The average Bonchev–Trinajstić information content (AvgIpc) is 3.22. The maximum Gasteiger partial charge on any atom is 0.194 e. The predicted octanol–water partition coefficient (Wildman–Crippen LogP) is 3.34. The molecule has 4 aromatic rings. The topological polar surface area (TPSA) is 80.0 Å². The molecule has 0 amide bonds. The van der Waals surface area contributed by atoms with Crippen molar-refractivity contribution in [1.29, 1.82) is 0 Å². The fraction of sp³-hybridized carbons (Fsp3) is 0.182. The molecule has 8 heteroatoms. The summed E-state index contributed by atoms with van der Waals surface area (Å²) in [5.74, 6) is 0.629. The third-order valence-corrected chi connectivity index (χ3v) is 6.07. The highest BCUT2D eigenvalue weighted by Crippen LogP contribution is 2.42. The first-order chi connectivity index (χ1) is 14.7. The van der Waals surface area contributed by atoms with Gasteiger partial charge in [0.05, 0.1) is 6.61 Å². The van der Waals surface area contributed by atoms with Gasteiger partial charge in [-0.3, -0.25) is 9.88 Å². The Bertz CT molecular complexity index is 1160. The third-order valence-electron chi connectivity index (χ3n) is 5.07. The number of benzene rings is 1. The molecule has 0 saturated carbocycles. The highest BCUT2D eigenvalue weighted by molar-refractivity contribution is 7.99. The second kappa shape index (κ2) is 7.98. The van der Waals surface area contributed by atoms with Gasteiger partial charge in [0.25, 0.3) is 0 Å². The molecule has 7 nitrogen and oxygen atoms in total. The number of hydrogen-bond acceptors (Lipinski definition) is 7. The van der Waals surface area contributed by atoms with Crippen LogP contribution < -0.4 is 0 Å². The Morgan fingerprint density at radius 1 is 1.07 bits per heavy atom. The van der Waals surface area contributed by atoms with E-state index in [4.69, 9.17) is 15.1 Å². The first-order valence-corrected chi connectivity index (χ1v) is 10.5. The molecule has 1 N–H and O–H groups in total. The number of nitrogens with zero attached hydrogens (tertiary/aromatic N) is 6. The number of aromatic nitrogens is 5. The molecule has 0 fully saturated rings. The Hall–Kier alpha value is -3.07. The largest absolute Gasteiger partial charge is 0.395 e. The van der Waals surface area contributed by atoms with Gasteiger partial charge in [0.1, 0.15) is 11.2 Å². The molecular formula is C22H20N6OS. The van der Waals surface area contributed by atoms with Crippen LogP contribution in [0.25, 0.3) is 22.5 Å². The maximum absolute atomic E-state index is 9.56. The third kappa shape index (κ3) is 3.39. The smallest absolute Gasteiger partial charge is 0.194 e. The maximum atomic E-state index is 9.56. The van der Waals surface area contributed by atoms with E-state index in [-0.39, 0.29) is 12.8 Å². The molecule has 1 unspecified atom stereocenters. The van der Waals surface area contributed by atoms with Crippen LogP contribution in [0.1, 0.15) is 11.7 Å². The van der Waals surface area contributed by atoms with E-state index in [0.717, 1.165) is 32.4 Å². The van der Waals surface area contributed by atoms with Gasteiger partial charge in [0.15, 0.2) is 11.0 Å². The Labute approximate surface area is 178 Å². The molecular weight excluding hydrogens is 396 g/mol. The summed E-state index contributed by atoms with van der Waals surface area (Å²) in [6.45, 7) is 0.562. The summed E-state index contributed by atoms with van der Waals surface area (Å²) in [6.07, 6.45) is 5.18. The highest BCUT2D eigenvalue weighted by Gasteiger charge is 2.33. The first kappa shape index (κ1) is 18.9. The minimum Gasteiger partial charge on any atom is -0.395 e. The number of hydrogen-bond donors (Lipinski definition) is 1. The van der Waals surface area contributed by atoms with Gasteiger partial charge in [0, 0.05) is 41.8 Å². The monoisotopic (exact) mass is 416 g/mol. The van der Waals surface area contributed by atoms with E-state index in [1.54, 1.807) is 12.4 Å². The van der Waals surface area contributed by atoms with Gasteiger partial charge in [-0.1, -0.05) is 30.3 Å². The van der Waals surface area contributed by atoms with Gasteiger partial charge in [-0.15, -0.1) is 5.10 Å². The summed E-state index contributed by atoms with van der Waals surface area (Å²) >= 11 is 1.51. The Morgan fingerprint density at radius 3 is 2.67 bits per heavy atom. The van der Waals surface area contributed by atoms with E-state index in [1.807, 2.05) is 48.3 Å². The molecule has 4 heterocycles. The van der Waals surface area contributed by atoms with Crippen LogP contribution in [0.4, 0.5) is 0 Å². The van der Waals surface area contributed by atoms with Crippen molar-refractivity contribution in [3.63, 3.8) is 0 Å². The quantitative estimate of drug-likeness (QED) is 0.534. The lowest BCUT2D eigenvalue weighted by Crippen LogP contribution is -2.35. The van der Waals surface area contributed by atoms with Crippen LogP contribution >= 0.6 is 11.8 Å². The van der Waals surface area contributed by atoms with Gasteiger partial charge < -0.3 is 5.11 Å². The van der Waals surface area contributed by atoms with Crippen LogP contribution in [-0.4, -0.2) is 54.9 Å². The second-order valence-electron chi connectivity index (χ2n) is 7.07. The van der Waals surface area contributed by atoms with Crippen molar-refractivity contribution in [2.24, 2.45) is 0 Å². The zero-order chi connectivity index (χ0) is 20.5. The molecule has 30 heavy (non-hydrogen) atoms. The minimum atomic E-state index is -0.211. The molecule has 5 rings (SSSR count). The zero-order valence-electron chi connectivity index (χ0n) is 16.4. The summed E-state index contributed by atoms with van der Waals surface area (Å²) in [6, 6.07) is 16.2. The van der Waals surface area contributed by atoms with E-state index in [0.29, 0.717) is 12.4 Å². The van der Waals surface area contributed by atoms with Crippen LogP contribution in [0.2, 0.25) is 0 Å². The summed E-state index contributed by atoms with van der Waals surface area (Å²) in [4.78, 5) is 15.7. The Morgan fingerprint density at radius 2 is 1.90 bits per heavy atom. The van der Waals surface area contributed by atoms with Crippen molar-refractivity contribution < 1.29 is 5.11 Å². The van der Waals surface area contributed by atoms with Crippen molar-refractivity contribution in [2.45, 2.75) is 16.3 Å². The summed E-state index contributed by atoms with van der Waals surface area (Å²) in [5.41, 5.74) is 4.08. The summed E-state index contributed by atoms with van der Waals surface area (Å²) < 4.78 is 1.92. The van der Waals surface area contributed by atoms with Crippen LogP contribution in [0, 0.1) is 0 Å². The van der Waals surface area contributed by atoms with Gasteiger partial charge in [-0.05, 0) is 42.6 Å². The van der Waals surface area contributed by atoms with Crippen molar-refractivity contribution >= 4 is 11.8 Å². The Balaban J connectivity index is 1.62.